The summed E-state index contributed by atoms with van der Waals surface area (Å²) in [5.74, 6) is 1.09. The molecule has 0 aliphatic carbocycles. The van der Waals surface area contributed by atoms with Gasteiger partial charge in [0.05, 0.1) is 6.04 Å². The van der Waals surface area contributed by atoms with Crippen LogP contribution < -0.4 is 10.2 Å². The molecule has 0 bridgehead atoms. The van der Waals surface area contributed by atoms with Crippen molar-refractivity contribution < 1.29 is 4.79 Å². The van der Waals surface area contributed by atoms with E-state index < -0.39 is 0 Å². The van der Waals surface area contributed by atoms with Crippen LogP contribution in [0.3, 0.4) is 0 Å². The van der Waals surface area contributed by atoms with Gasteiger partial charge in [0, 0.05) is 42.4 Å². The number of hydrogen-bond acceptors (Lipinski definition) is 4. The number of carbonyl (C=O) groups is 1. The Morgan fingerprint density at radius 3 is 2.41 bits per heavy atom. The Bertz CT molecular complexity index is 504. The number of nitrogens with zero attached hydrogens (tertiary/aromatic N) is 3. The normalized spacial score (nSPS) is 18.1. The molecular formula is C16H25BrN4O. The van der Waals surface area contributed by atoms with Gasteiger partial charge in [-0.1, -0.05) is 0 Å². The van der Waals surface area contributed by atoms with Gasteiger partial charge in [-0.15, -0.1) is 0 Å². The van der Waals surface area contributed by atoms with Gasteiger partial charge in [0.25, 0.3) is 0 Å². The van der Waals surface area contributed by atoms with Crippen molar-refractivity contribution >= 4 is 27.7 Å². The van der Waals surface area contributed by atoms with Crippen LogP contribution in [-0.4, -0.2) is 53.6 Å². The van der Waals surface area contributed by atoms with E-state index in [9.17, 15) is 4.79 Å². The lowest BCUT2D eigenvalue weighted by atomic mass is 10.1. The van der Waals surface area contributed by atoms with Crippen LogP contribution in [0.15, 0.2) is 22.8 Å². The summed E-state index contributed by atoms with van der Waals surface area (Å²) in [7, 11) is 0. The molecule has 0 saturated carbocycles. The van der Waals surface area contributed by atoms with Crippen LogP contribution in [-0.2, 0) is 4.79 Å². The van der Waals surface area contributed by atoms with Crippen molar-refractivity contribution in [3.63, 3.8) is 0 Å². The van der Waals surface area contributed by atoms with E-state index in [0.717, 1.165) is 36.5 Å². The Kier molecular flexibility index (Phi) is 5.45. The quantitative estimate of drug-likeness (QED) is 0.888. The van der Waals surface area contributed by atoms with Crippen LogP contribution in [0.2, 0.25) is 0 Å². The lowest BCUT2D eigenvalue weighted by molar-refractivity contribution is -0.127. The first-order valence-electron chi connectivity index (χ1n) is 7.69. The Morgan fingerprint density at radius 2 is 1.91 bits per heavy atom. The summed E-state index contributed by atoms with van der Waals surface area (Å²) in [5.41, 5.74) is -0.186. The molecule has 1 aromatic heterocycles. The predicted octanol–water partition coefficient (Wildman–Crippen LogP) is 2.27. The van der Waals surface area contributed by atoms with E-state index in [-0.39, 0.29) is 17.5 Å². The number of piperazine rings is 1. The van der Waals surface area contributed by atoms with Gasteiger partial charge in [-0.05, 0) is 55.8 Å². The lowest BCUT2D eigenvalue weighted by Gasteiger charge is -2.38. The highest BCUT2D eigenvalue weighted by Gasteiger charge is 2.27. The van der Waals surface area contributed by atoms with E-state index in [1.165, 1.54) is 0 Å². The number of pyridine rings is 1. The third-order valence-corrected chi connectivity index (χ3v) is 4.24. The third kappa shape index (κ3) is 4.68. The zero-order valence-electron chi connectivity index (χ0n) is 13.8. The average molecular weight is 369 g/mol. The molecule has 6 heteroatoms. The molecule has 1 unspecified atom stereocenters. The van der Waals surface area contributed by atoms with Crippen LogP contribution in [0, 0.1) is 0 Å². The second-order valence-corrected chi connectivity index (χ2v) is 7.69. The van der Waals surface area contributed by atoms with E-state index >= 15 is 0 Å². The van der Waals surface area contributed by atoms with Gasteiger partial charge in [-0.2, -0.15) is 0 Å². The molecule has 1 atom stereocenters. The van der Waals surface area contributed by atoms with Crippen LogP contribution in [0.4, 0.5) is 5.82 Å². The zero-order valence-corrected chi connectivity index (χ0v) is 15.4. The van der Waals surface area contributed by atoms with Crippen LogP contribution >= 0.6 is 15.9 Å². The number of halogens is 1. The first kappa shape index (κ1) is 17.2. The van der Waals surface area contributed by atoms with Crippen molar-refractivity contribution in [2.75, 3.05) is 31.1 Å². The van der Waals surface area contributed by atoms with Gasteiger partial charge in [-0.25, -0.2) is 4.98 Å². The van der Waals surface area contributed by atoms with Crippen molar-refractivity contribution in [1.82, 2.24) is 15.2 Å². The third-order valence-electron chi connectivity index (χ3n) is 3.78. The Hall–Kier alpha value is -1.14. The minimum absolute atomic E-state index is 0.0979. The molecule has 0 aromatic carbocycles. The van der Waals surface area contributed by atoms with E-state index in [0.29, 0.717) is 0 Å². The maximum atomic E-state index is 12.3. The summed E-state index contributed by atoms with van der Waals surface area (Å²) in [4.78, 5) is 21.2. The number of rotatable bonds is 3. The maximum Gasteiger partial charge on any atom is 0.237 e. The number of nitrogens with one attached hydrogen (secondary N) is 1. The van der Waals surface area contributed by atoms with Gasteiger partial charge < -0.3 is 10.2 Å². The van der Waals surface area contributed by atoms with Crippen LogP contribution in [0.5, 0.6) is 0 Å². The monoisotopic (exact) mass is 368 g/mol. The van der Waals surface area contributed by atoms with Crippen molar-refractivity contribution in [2.24, 2.45) is 0 Å². The summed E-state index contributed by atoms with van der Waals surface area (Å²) >= 11 is 3.40. The molecule has 22 heavy (non-hydrogen) atoms. The fourth-order valence-electron chi connectivity index (χ4n) is 2.53. The smallest absolute Gasteiger partial charge is 0.237 e. The van der Waals surface area contributed by atoms with Gasteiger partial charge in [-0.3, -0.25) is 9.69 Å². The van der Waals surface area contributed by atoms with E-state index in [2.05, 4.69) is 36.0 Å². The van der Waals surface area contributed by atoms with Crippen LogP contribution in [0.1, 0.15) is 27.7 Å². The minimum atomic E-state index is -0.186. The molecule has 1 amide bonds. The molecule has 2 heterocycles. The molecule has 1 aliphatic heterocycles. The van der Waals surface area contributed by atoms with Crippen molar-refractivity contribution in [3.8, 4) is 0 Å². The standard InChI is InChI=1S/C16H25BrN4O/c1-12(15(22)19-16(2,3)4)20-7-9-21(10-8-20)14-6-5-13(17)11-18-14/h5-6,11-12H,7-10H2,1-4H3,(H,19,22). The van der Waals surface area contributed by atoms with Gasteiger partial charge in [0.2, 0.25) is 5.91 Å². The molecule has 2 rings (SSSR count). The number of hydrogen-bond donors (Lipinski definition) is 1. The Morgan fingerprint density at radius 1 is 1.27 bits per heavy atom. The van der Waals surface area contributed by atoms with E-state index in [1.54, 1.807) is 0 Å². The van der Waals surface area contributed by atoms with Crippen molar-refractivity contribution in [1.29, 1.82) is 0 Å². The molecule has 0 radical (unpaired) electrons. The van der Waals surface area contributed by atoms with Gasteiger partial charge in [0.15, 0.2) is 0 Å². The molecule has 0 spiro atoms. The molecule has 1 N–H and O–H groups in total. The van der Waals surface area contributed by atoms with Gasteiger partial charge >= 0.3 is 0 Å². The lowest BCUT2D eigenvalue weighted by Crippen LogP contribution is -2.56. The highest BCUT2D eigenvalue weighted by Crippen LogP contribution is 2.17. The van der Waals surface area contributed by atoms with Crippen molar-refractivity contribution in [3.05, 3.63) is 22.8 Å². The molecule has 5 nitrogen and oxygen atoms in total. The first-order chi connectivity index (χ1) is 10.3. The Labute approximate surface area is 141 Å². The SMILES string of the molecule is CC(C(=O)NC(C)(C)C)N1CCN(c2ccc(Br)cn2)CC1. The number of carbonyl (C=O) groups excluding carboxylic acids is 1. The molecule has 1 fully saturated rings. The minimum Gasteiger partial charge on any atom is -0.354 e. The second-order valence-electron chi connectivity index (χ2n) is 6.77. The molecule has 122 valence electrons. The largest absolute Gasteiger partial charge is 0.354 e. The molecular weight excluding hydrogens is 344 g/mol. The molecule has 1 saturated heterocycles. The van der Waals surface area contributed by atoms with Crippen molar-refractivity contribution in [2.45, 2.75) is 39.3 Å². The number of aromatic nitrogens is 1. The summed E-state index contributed by atoms with van der Waals surface area (Å²) in [6.07, 6.45) is 1.82. The first-order valence-corrected chi connectivity index (χ1v) is 8.48. The number of amides is 1. The second kappa shape index (κ2) is 6.96. The average Bonchev–Trinajstić information content (AvgIpc) is 2.46. The summed E-state index contributed by atoms with van der Waals surface area (Å²) < 4.78 is 0.988. The fraction of sp³-hybridized carbons (Fsp3) is 0.625. The summed E-state index contributed by atoms with van der Waals surface area (Å²) in [5, 5.41) is 3.05. The summed E-state index contributed by atoms with van der Waals surface area (Å²) in [6.45, 7) is 11.5. The highest BCUT2D eigenvalue weighted by atomic mass is 79.9. The van der Waals surface area contributed by atoms with E-state index in [1.807, 2.05) is 46.0 Å². The van der Waals surface area contributed by atoms with Crippen LogP contribution in [0.25, 0.3) is 0 Å². The Balaban J connectivity index is 1.88. The predicted molar refractivity (Wildman–Crippen MR) is 93.1 cm³/mol. The number of anilines is 1. The van der Waals surface area contributed by atoms with E-state index in [4.69, 9.17) is 0 Å². The zero-order chi connectivity index (χ0) is 16.3. The molecule has 1 aromatic rings. The summed E-state index contributed by atoms with van der Waals surface area (Å²) in [6, 6.07) is 3.93. The highest BCUT2D eigenvalue weighted by molar-refractivity contribution is 9.10. The maximum absolute atomic E-state index is 12.3. The van der Waals surface area contributed by atoms with Gasteiger partial charge in [0.1, 0.15) is 5.82 Å². The topological polar surface area (TPSA) is 48.5 Å². The molecule has 1 aliphatic rings. The fourth-order valence-corrected chi connectivity index (χ4v) is 2.77.